The molecule has 0 radical (unpaired) electrons. The van der Waals surface area contributed by atoms with Crippen LogP contribution >= 0.6 is 0 Å². The van der Waals surface area contributed by atoms with E-state index in [2.05, 4.69) is 142 Å². The lowest BCUT2D eigenvalue weighted by Gasteiger charge is -2.38. The SMILES string of the molecule is COC(C#CC(O)C#C[Si](C(C)C)(C(C)C)C(C)C)(C#CC(C#CC(O)C#C[Si](C(C)C)(C(C)C)C(C)C)(OC)c1ccccc1)c1ccccc1. The summed E-state index contributed by atoms with van der Waals surface area (Å²) in [6.07, 6.45) is -2.40. The minimum absolute atomic E-state index is 0.421. The number of aliphatic hydroxyl groups is 2. The van der Waals surface area contributed by atoms with Gasteiger partial charge >= 0.3 is 0 Å². The predicted molar refractivity (Wildman–Crippen MR) is 223 cm³/mol. The van der Waals surface area contributed by atoms with Gasteiger partial charge in [0.25, 0.3) is 0 Å². The summed E-state index contributed by atoms with van der Waals surface area (Å²) in [5.74, 6) is 25.0. The van der Waals surface area contributed by atoms with Crippen LogP contribution in [0.4, 0.5) is 0 Å². The molecule has 6 heteroatoms. The maximum Gasteiger partial charge on any atom is 0.216 e. The molecule has 0 aliphatic rings. The topological polar surface area (TPSA) is 58.9 Å². The monoisotopic (exact) mass is 734 g/mol. The van der Waals surface area contributed by atoms with Gasteiger partial charge in [-0.2, -0.15) is 0 Å². The van der Waals surface area contributed by atoms with Gasteiger partial charge in [0.1, 0.15) is 16.1 Å². The average Bonchev–Trinajstić information content (AvgIpc) is 3.10. The maximum absolute atomic E-state index is 11.2. The number of hydrogen-bond donors (Lipinski definition) is 2. The van der Waals surface area contributed by atoms with Gasteiger partial charge in [-0.25, -0.2) is 0 Å². The van der Waals surface area contributed by atoms with E-state index < -0.39 is 39.6 Å². The van der Waals surface area contributed by atoms with Crippen molar-refractivity contribution in [2.75, 3.05) is 14.2 Å². The second kappa shape index (κ2) is 19.5. The van der Waals surface area contributed by atoms with Gasteiger partial charge in [0, 0.05) is 25.3 Å². The number of aliphatic hydroxyl groups excluding tert-OH is 2. The Kier molecular flexibility index (Phi) is 16.8. The van der Waals surface area contributed by atoms with Crippen molar-refractivity contribution in [3.05, 3.63) is 71.8 Å². The molecule has 4 nitrogen and oxygen atoms in total. The number of hydrogen-bond acceptors (Lipinski definition) is 4. The molecule has 0 saturated heterocycles. The molecular weight excluding hydrogens is 673 g/mol. The molecule has 0 aromatic heterocycles. The van der Waals surface area contributed by atoms with Crippen LogP contribution in [0.2, 0.25) is 33.2 Å². The van der Waals surface area contributed by atoms with Crippen LogP contribution < -0.4 is 0 Å². The van der Waals surface area contributed by atoms with Crippen LogP contribution in [0.5, 0.6) is 0 Å². The number of benzene rings is 2. The van der Waals surface area contributed by atoms with Crippen LogP contribution in [-0.4, -0.2) is 52.8 Å². The molecule has 0 aliphatic heterocycles. The molecule has 0 fully saturated rings. The van der Waals surface area contributed by atoms with E-state index in [0.717, 1.165) is 0 Å². The summed E-state index contributed by atoms with van der Waals surface area (Å²) in [5.41, 5.74) is 8.11. The van der Waals surface area contributed by atoms with Gasteiger partial charge in [-0.05, 0) is 56.9 Å². The van der Waals surface area contributed by atoms with Gasteiger partial charge in [0.15, 0.2) is 12.2 Å². The molecule has 0 aliphatic carbocycles. The Morgan fingerprint density at radius 2 is 0.712 bits per heavy atom. The fourth-order valence-corrected chi connectivity index (χ4v) is 18.5. The first-order valence-corrected chi connectivity index (χ1v) is 23.1. The molecule has 2 N–H and O–H groups in total. The van der Waals surface area contributed by atoms with Crippen LogP contribution in [0.3, 0.4) is 0 Å². The van der Waals surface area contributed by atoms with E-state index in [1.165, 1.54) is 0 Å². The largest absolute Gasteiger partial charge is 0.369 e. The zero-order valence-electron chi connectivity index (χ0n) is 34.1. The number of ether oxygens (including phenoxy) is 2. The molecular formula is C46H62O4Si2. The highest BCUT2D eigenvalue weighted by Crippen LogP contribution is 2.42. The van der Waals surface area contributed by atoms with Crippen molar-refractivity contribution in [1.82, 2.24) is 0 Å². The maximum atomic E-state index is 11.2. The molecule has 4 unspecified atom stereocenters. The summed E-state index contributed by atoms with van der Waals surface area (Å²) in [4.78, 5) is 0. The van der Waals surface area contributed by atoms with Crippen LogP contribution in [-0.2, 0) is 20.7 Å². The lowest BCUT2D eigenvalue weighted by Crippen LogP contribution is -2.43. The summed E-state index contributed by atoms with van der Waals surface area (Å²) in [6.45, 7) is 26.8. The summed E-state index contributed by atoms with van der Waals surface area (Å²) in [5, 5.41) is 22.3. The molecule has 0 amide bonds. The van der Waals surface area contributed by atoms with Crippen molar-refractivity contribution in [2.45, 2.75) is 140 Å². The van der Waals surface area contributed by atoms with Gasteiger partial charge in [0.05, 0.1) is 0 Å². The third-order valence-electron chi connectivity index (χ3n) is 10.7. The molecule has 52 heavy (non-hydrogen) atoms. The van der Waals surface area contributed by atoms with Gasteiger partial charge in [0.2, 0.25) is 11.2 Å². The fraction of sp³-hybridized carbons (Fsp3) is 0.522. The van der Waals surface area contributed by atoms with Crippen LogP contribution in [0.25, 0.3) is 0 Å². The predicted octanol–water partition coefficient (Wildman–Crippen LogP) is 9.25. The Bertz CT molecular complexity index is 1580. The summed E-state index contributed by atoms with van der Waals surface area (Å²) in [7, 11) is -1.08. The summed E-state index contributed by atoms with van der Waals surface area (Å²) in [6, 6.07) is 18.9. The van der Waals surface area contributed by atoms with Crippen molar-refractivity contribution in [3.8, 4) is 58.5 Å². The fourth-order valence-electron chi connectivity index (χ4n) is 7.98. The van der Waals surface area contributed by atoms with Gasteiger partial charge in [-0.1, -0.05) is 167 Å². The second-order valence-electron chi connectivity index (χ2n) is 15.4. The van der Waals surface area contributed by atoms with E-state index in [1.54, 1.807) is 14.2 Å². The zero-order valence-corrected chi connectivity index (χ0v) is 36.1. The number of rotatable bonds is 10. The first kappa shape index (κ1) is 44.7. The van der Waals surface area contributed by atoms with Crippen molar-refractivity contribution < 1.29 is 19.7 Å². The van der Waals surface area contributed by atoms with Crippen LogP contribution in [0.15, 0.2) is 60.7 Å². The Hall–Kier alpha value is -3.49. The van der Waals surface area contributed by atoms with Gasteiger partial charge < -0.3 is 19.7 Å². The standard InChI is InChI=1S/C46H62O4Si2/c1-35(2)51(36(3)4,37(5)6)33-27-43(47)25-29-45(49-13,41-21-17-15-18-22-41)31-32-46(50-14,42-23-19-16-20-24-42)30-26-44(48)28-34-52(38(7)8,39(9)10)40(11)12/h15-24,35-40,43-44,47-48H,1-14H3. The normalized spacial score (nSPS) is 15.1. The van der Waals surface area contributed by atoms with Gasteiger partial charge in [-0.15, -0.1) is 11.1 Å². The smallest absolute Gasteiger partial charge is 0.216 e. The van der Waals surface area contributed by atoms with Crippen molar-refractivity contribution in [2.24, 2.45) is 0 Å². The molecule has 0 bridgehead atoms. The van der Waals surface area contributed by atoms with E-state index in [-0.39, 0.29) is 0 Å². The Morgan fingerprint density at radius 3 is 0.942 bits per heavy atom. The molecule has 2 rings (SSSR count). The summed E-state index contributed by atoms with van der Waals surface area (Å²) < 4.78 is 12.2. The van der Waals surface area contributed by atoms with E-state index in [1.807, 2.05) is 60.7 Å². The molecule has 278 valence electrons. The van der Waals surface area contributed by atoms with Crippen molar-refractivity contribution in [1.29, 1.82) is 0 Å². The Morgan fingerprint density at radius 1 is 0.442 bits per heavy atom. The third kappa shape index (κ3) is 10.1. The van der Waals surface area contributed by atoms with Crippen molar-refractivity contribution >= 4 is 16.1 Å². The molecule has 0 spiro atoms. The minimum Gasteiger partial charge on any atom is -0.369 e. The first-order chi connectivity index (χ1) is 24.4. The molecule has 2 aromatic rings. The molecule has 0 heterocycles. The van der Waals surface area contributed by atoms with E-state index in [9.17, 15) is 10.2 Å². The highest BCUT2D eigenvalue weighted by Gasteiger charge is 2.43. The number of methoxy groups -OCH3 is 2. The Labute approximate surface area is 318 Å². The molecule has 0 saturated carbocycles. The zero-order chi connectivity index (χ0) is 39.3. The van der Waals surface area contributed by atoms with E-state index >= 15 is 0 Å². The van der Waals surface area contributed by atoms with Gasteiger partial charge in [-0.3, -0.25) is 0 Å². The van der Waals surface area contributed by atoms with Crippen LogP contribution in [0, 0.1) is 58.5 Å². The van der Waals surface area contributed by atoms with E-state index in [4.69, 9.17) is 9.47 Å². The van der Waals surface area contributed by atoms with Crippen molar-refractivity contribution in [3.63, 3.8) is 0 Å². The average molecular weight is 735 g/mol. The highest BCUT2D eigenvalue weighted by molar-refractivity contribution is 6.91. The third-order valence-corrected chi connectivity index (χ3v) is 23.4. The lowest BCUT2D eigenvalue weighted by molar-refractivity contribution is 0.0798. The molecule has 4 atom stereocenters. The Balaban J connectivity index is 2.83. The lowest BCUT2D eigenvalue weighted by atomic mass is 9.90. The quantitative estimate of drug-likeness (QED) is 0.189. The summed E-state index contributed by atoms with van der Waals surface area (Å²) >= 11 is 0. The minimum atomic E-state index is -2.08. The molecule has 2 aromatic carbocycles. The van der Waals surface area contributed by atoms with E-state index in [0.29, 0.717) is 44.4 Å². The first-order valence-electron chi connectivity index (χ1n) is 18.6. The second-order valence-corrected chi connectivity index (χ2v) is 26.6. The van der Waals surface area contributed by atoms with Crippen LogP contribution in [0.1, 0.15) is 94.2 Å². The highest BCUT2D eigenvalue weighted by atomic mass is 28.3.